The Bertz CT molecular complexity index is 1010. The van der Waals surface area contributed by atoms with E-state index >= 15 is 0 Å². The first kappa shape index (κ1) is 20.4. The third kappa shape index (κ3) is 5.18. The van der Waals surface area contributed by atoms with Gasteiger partial charge < -0.3 is 5.11 Å². The van der Waals surface area contributed by atoms with Crippen LogP contribution in [0.5, 0.6) is 0 Å². The van der Waals surface area contributed by atoms with Crippen molar-refractivity contribution in [3.8, 4) is 23.0 Å². The zero-order valence-electron chi connectivity index (χ0n) is 17.7. The van der Waals surface area contributed by atoms with Crippen LogP contribution in [-0.2, 0) is 6.54 Å². The monoisotopic (exact) mass is 399 g/mol. The van der Waals surface area contributed by atoms with Crippen LogP contribution in [0.3, 0.4) is 0 Å². The van der Waals surface area contributed by atoms with Gasteiger partial charge in [0.1, 0.15) is 5.60 Å². The van der Waals surface area contributed by atoms with E-state index in [-0.39, 0.29) is 0 Å². The van der Waals surface area contributed by atoms with Crippen molar-refractivity contribution in [2.75, 3.05) is 13.1 Å². The minimum atomic E-state index is -0.960. The predicted molar refractivity (Wildman–Crippen MR) is 121 cm³/mol. The van der Waals surface area contributed by atoms with Crippen molar-refractivity contribution in [1.29, 1.82) is 0 Å². The van der Waals surface area contributed by atoms with Crippen molar-refractivity contribution >= 4 is 0 Å². The van der Waals surface area contributed by atoms with Gasteiger partial charge in [0.25, 0.3) is 0 Å². The van der Waals surface area contributed by atoms with Gasteiger partial charge in [-0.2, -0.15) is 5.10 Å². The summed E-state index contributed by atoms with van der Waals surface area (Å²) in [6.07, 6.45) is 4.23. The summed E-state index contributed by atoms with van der Waals surface area (Å²) in [7, 11) is 0. The fraction of sp³-hybridized carbons (Fsp3) is 0.346. The SMILES string of the molecule is CC(C)(O)C#Cc1ccc(CN2CCC(c3[nH]ncc3-c3ccccc3)CC2)cc1. The number of benzene rings is 2. The smallest absolute Gasteiger partial charge is 0.120 e. The maximum Gasteiger partial charge on any atom is 0.120 e. The summed E-state index contributed by atoms with van der Waals surface area (Å²) in [5, 5.41) is 17.3. The normalized spacial score (nSPS) is 15.6. The van der Waals surface area contributed by atoms with E-state index in [1.807, 2.05) is 24.4 Å². The summed E-state index contributed by atoms with van der Waals surface area (Å²) in [6.45, 7) is 6.52. The molecule has 2 N–H and O–H groups in total. The highest BCUT2D eigenvalue weighted by Gasteiger charge is 2.24. The van der Waals surface area contributed by atoms with Gasteiger partial charge in [0.2, 0.25) is 0 Å². The summed E-state index contributed by atoms with van der Waals surface area (Å²) < 4.78 is 0. The third-order valence-corrected chi connectivity index (χ3v) is 5.62. The number of aliphatic hydroxyl groups is 1. The van der Waals surface area contributed by atoms with Crippen LogP contribution in [0.25, 0.3) is 11.1 Å². The Morgan fingerprint density at radius 1 is 1.07 bits per heavy atom. The molecule has 0 bridgehead atoms. The number of H-pyrrole nitrogens is 1. The molecule has 1 fully saturated rings. The molecule has 2 heterocycles. The number of hydrogen-bond donors (Lipinski definition) is 2. The first-order valence-electron chi connectivity index (χ1n) is 10.6. The molecule has 4 heteroatoms. The Morgan fingerprint density at radius 2 is 1.77 bits per heavy atom. The fourth-order valence-corrected chi connectivity index (χ4v) is 4.01. The van der Waals surface area contributed by atoms with Gasteiger partial charge in [0, 0.05) is 29.3 Å². The molecule has 0 spiro atoms. The Kier molecular flexibility index (Phi) is 6.03. The van der Waals surface area contributed by atoms with E-state index in [4.69, 9.17) is 0 Å². The molecule has 4 nitrogen and oxygen atoms in total. The molecular formula is C26H29N3O. The third-order valence-electron chi connectivity index (χ3n) is 5.62. The quantitative estimate of drug-likeness (QED) is 0.632. The van der Waals surface area contributed by atoms with Crippen LogP contribution < -0.4 is 0 Å². The summed E-state index contributed by atoms with van der Waals surface area (Å²) >= 11 is 0. The number of nitrogens with one attached hydrogen (secondary N) is 1. The molecule has 3 aromatic rings. The Morgan fingerprint density at radius 3 is 2.43 bits per heavy atom. The molecule has 0 saturated carbocycles. The lowest BCUT2D eigenvalue weighted by atomic mass is 9.89. The highest BCUT2D eigenvalue weighted by Crippen LogP contribution is 2.34. The average Bonchev–Trinajstić information content (AvgIpc) is 3.24. The van der Waals surface area contributed by atoms with Gasteiger partial charge in [-0.05, 0) is 63.0 Å². The van der Waals surface area contributed by atoms with E-state index in [0.29, 0.717) is 5.92 Å². The number of rotatable bonds is 4. The lowest BCUT2D eigenvalue weighted by Crippen LogP contribution is -2.32. The van der Waals surface area contributed by atoms with Crippen molar-refractivity contribution in [3.63, 3.8) is 0 Å². The van der Waals surface area contributed by atoms with Gasteiger partial charge in [-0.1, -0.05) is 54.3 Å². The van der Waals surface area contributed by atoms with Gasteiger partial charge in [0.15, 0.2) is 0 Å². The lowest BCUT2D eigenvalue weighted by molar-refractivity contribution is 0.143. The van der Waals surface area contributed by atoms with Crippen LogP contribution in [0.4, 0.5) is 0 Å². The molecule has 4 rings (SSSR count). The molecular weight excluding hydrogens is 370 g/mol. The Balaban J connectivity index is 1.35. The topological polar surface area (TPSA) is 52.1 Å². The Hall–Kier alpha value is -2.87. The summed E-state index contributed by atoms with van der Waals surface area (Å²) in [5.41, 5.74) is 5.02. The van der Waals surface area contributed by atoms with Crippen LogP contribution in [0.2, 0.25) is 0 Å². The minimum absolute atomic E-state index is 0.526. The van der Waals surface area contributed by atoms with E-state index in [9.17, 15) is 5.11 Å². The molecule has 0 atom stereocenters. The van der Waals surface area contributed by atoms with E-state index in [1.54, 1.807) is 13.8 Å². The number of aromatic amines is 1. The number of nitrogens with zero attached hydrogens (tertiary/aromatic N) is 2. The zero-order chi connectivity index (χ0) is 21.0. The average molecular weight is 400 g/mol. The number of hydrogen-bond acceptors (Lipinski definition) is 3. The van der Waals surface area contributed by atoms with Crippen molar-refractivity contribution in [2.45, 2.75) is 44.8 Å². The van der Waals surface area contributed by atoms with Gasteiger partial charge in [0.05, 0.1) is 6.20 Å². The first-order valence-corrected chi connectivity index (χ1v) is 10.6. The highest BCUT2D eigenvalue weighted by molar-refractivity contribution is 5.65. The van der Waals surface area contributed by atoms with Gasteiger partial charge >= 0.3 is 0 Å². The Labute approximate surface area is 179 Å². The van der Waals surface area contributed by atoms with Crippen LogP contribution in [0, 0.1) is 11.8 Å². The highest BCUT2D eigenvalue weighted by atomic mass is 16.3. The molecule has 0 unspecified atom stereocenters. The standard InChI is InChI=1S/C26H29N3O/c1-26(2,30)15-12-20-8-10-21(11-9-20)19-29-16-13-23(14-17-29)25-24(18-27-28-25)22-6-4-3-5-7-22/h3-11,18,23,30H,13-14,16-17,19H2,1-2H3,(H,27,28). The fourth-order valence-electron chi connectivity index (χ4n) is 4.01. The number of aromatic nitrogens is 2. The summed E-state index contributed by atoms with van der Waals surface area (Å²) in [6, 6.07) is 18.9. The second kappa shape index (κ2) is 8.87. The van der Waals surface area contributed by atoms with Crippen LogP contribution in [-0.4, -0.2) is 38.9 Å². The van der Waals surface area contributed by atoms with Crippen LogP contribution >= 0.6 is 0 Å². The maximum atomic E-state index is 9.74. The number of likely N-dealkylation sites (tertiary alicyclic amines) is 1. The van der Waals surface area contributed by atoms with Crippen molar-refractivity contribution < 1.29 is 5.11 Å². The second-order valence-electron chi connectivity index (χ2n) is 8.62. The molecule has 1 aromatic heterocycles. The van der Waals surface area contributed by atoms with Gasteiger partial charge in [-0.15, -0.1) is 0 Å². The van der Waals surface area contributed by atoms with Crippen molar-refractivity contribution in [1.82, 2.24) is 15.1 Å². The van der Waals surface area contributed by atoms with Gasteiger partial charge in [-0.25, -0.2) is 0 Å². The maximum absolute atomic E-state index is 9.74. The van der Waals surface area contributed by atoms with Gasteiger partial charge in [-0.3, -0.25) is 10.00 Å². The van der Waals surface area contributed by atoms with E-state index in [2.05, 4.69) is 63.3 Å². The zero-order valence-corrected chi connectivity index (χ0v) is 17.7. The molecule has 154 valence electrons. The first-order chi connectivity index (χ1) is 14.5. The van der Waals surface area contributed by atoms with E-state index in [1.165, 1.54) is 22.4 Å². The van der Waals surface area contributed by atoms with Crippen LogP contribution in [0.15, 0.2) is 60.8 Å². The molecule has 30 heavy (non-hydrogen) atoms. The molecule has 1 saturated heterocycles. The molecule has 1 aliphatic heterocycles. The molecule has 0 radical (unpaired) electrons. The van der Waals surface area contributed by atoms with E-state index < -0.39 is 5.60 Å². The largest absolute Gasteiger partial charge is 0.378 e. The van der Waals surface area contributed by atoms with E-state index in [0.717, 1.165) is 38.0 Å². The predicted octanol–water partition coefficient (Wildman–Crippen LogP) is 4.58. The minimum Gasteiger partial charge on any atom is -0.378 e. The number of piperidine rings is 1. The second-order valence-corrected chi connectivity index (χ2v) is 8.62. The van der Waals surface area contributed by atoms with Crippen LogP contribution in [0.1, 0.15) is 49.4 Å². The molecule has 0 amide bonds. The summed E-state index contributed by atoms with van der Waals surface area (Å²) in [5.74, 6) is 6.42. The molecule has 1 aliphatic rings. The molecule has 2 aromatic carbocycles. The van der Waals surface area contributed by atoms with Crippen molar-refractivity contribution in [2.24, 2.45) is 0 Å². The summed E-state index contributed by atoms with van der Waals surface area (Å²) in [4.78, 5) is 2.52. The van der Waals surface area contributed by atoms with Crippen molar-refractivity contribution in [3.05, 3.63) is 77.6 Å². The lowest BCUT2D eigenvalue weighted by Gasteiger charge is -2.32. The molecule has 0 aliphatic carbocycles.